The van der Waals surface area contributed by atoms with Gasteiger partial charge in [0.25, 0.3) is 0 Å². The van der Waals surface area contributed by atoms with Crippen LogP contribution in [-0.4, -0.2) is 44.7 Å². The summed E-state index contributed by atoms with van der Waals surface area (Å²) in [7, 11) is 0. The Morgan fingerprint density at radius 3 is 2.58 bits per heavy atom. The van der Waals surface area contributed by atoms with Crippen molar-refractivity contribution in [1.29, 1.82) is 0 Å². The van der Waals surface area contributed by atoms with Gasteiger partial charge in [0.05, 0.1) is 6.54 Å². The summed E-state index contributed by atoms with van der Waals surface area (Å²) in [5, 5.41) is 12.0. The quantitative estimate of drug-likeness (QED) is 0.730. The Balaban J connectivity index is 2.69. The van der Waals surface area contributed by atoms with E-state index >= 15 is 0 Å². The molecule has 1 aromatic rings. The van der Waals surface area contributed by atoms with Crippen LogP contribution in [0.25, 0.3) is 0 Å². The maximum absolute atomic E-state index is 5.83. The van der Waals surface area contributed by atoms with Crippen molar-refractivity contribution < 1.29 is 0 Å². The molecule has 0 saturated carbocycles. The number of nitrogens with two attached hydrogens (primary N) is 1. The highest BCUT2D eigenvalue weighted by atomic mass is 15.5. The highest BCUT2D eigenvalue weighted by molar-refractivity contribution is 4.83. The summed E-state index contributed by atoms with van der Waals surface area (Å²) in [6.07, 6.45) is 2.16. The number of tetrazole rings is 1. The minimum absolute atomic E-state index is 0.123. The maximum atomic E-state index is 5.83. The van der Waals surface area contributed by atoms with Crippen LogP contribution >= 0.6 is 0 Å². The van der Waals surface area contributed by atoms with E-state index in [9.17, 15) is 0 Å². The lowest BCUT2D eigenvalue weighted by Crippen LogP contribution is -2.39. The predicted octanol–water partition coefficient (Wildman–Crippen LogP) is 1.28. The molecule has 0 radical (unpaired) electrons. The molecule has 1 heterocycles. The highest BCUT2D eigenvalue weighted by Crippen LogP contribution is 2.16. The summed E-state index contributed by atoms with van der Waals surface area (Å²) in [5.41, 5.74) is 5.95. The van der Waals surface area contributed by atoms with Gasteiger partial charge in [-0.1, -0.05) is 27.7 Å². The van der Waals surface area contributed by atoms with Crippen LogP contribution in [0, 0.1) is 5.41 Å². The fourth-order valence-electron chi connectivity index (χ4n) is 2.12. The van der Waals surface area contributed by atoms with Crippen molar-refractivity contribution in [2.45, 2.75) is 53.6 Å². The van der Waals surface area contributed by atoms with Crippen molar-refractivity contribution in [2.24, 2.45) is 11.1 Å². The molecular weight excluding hydrogens is 240 g/mol. The summed E-state index contributed by atoms with van der Waals surface area (Å²) < 4.78 is 1.90. The first-order valence-electron chi connectivity index (χ1n) is 7.20. The maximum Gasteiger partial charge on any atom is 0.165 e. The summed E-state index contributed by atoms with van der Waals surface area (Å²) in [6.45, 7) is 13.1. The molecule has 1 rings (SSSR count). The van der Waals surface area contributed by atoms with Gasteiger partial charge in [0.1, 0.15) is 0 Å². The molecular formula is C13H28N6. The molecule has 0 saturated heterocycles. The number of hydrogen-bond donors (Lipinski definition) is 1. The van der Waals surface area contributed by atoms with Crippen LogP contribution in [0.15, 0.2) is 0 Å². The summed E-state index contributed by atoms with van der Waals surface area (Å²) in [4.78, 5) is 2.39. The fraction of sp³-hybridized carbons (Fsp3) is 0.923. The van der Waals surface area contributed by atoms with Crippen molar-refractivity contribution in [3.63, 3.8) is 0 Å². The molecule has 0 fully saturated rings. The fourth-order valence-corrected chi connectivity index (χ4v) is 2.12. The lowest BCUT2D eigenvalue weighted by atomic mass is 9.93. The molecule has 0 aliphatic rings. The third-order valence-electron chi connectivity index (χ3n) is 3.15. The van der Waals surface area contributed by atoms with Gasteiger partial charge in [0, 0.05) is 13.1 Å². The molecule has 0 aliphatic carbocycles. The first kappa shape index (κ1) is 16.0. The SMILES string of the molecule is CCCN(Cc1nnnn1CCC)CC(C)(C)CN. The van der Waals surface area contributed by atoms with Crippen molar-refractivity contribution in [3.05, 3.63) is 5.82 Å². The highest BCUT2D eigenvalue weighted by Gasteiger charge is 2.21. The first-order valence-corrected chi connectivity index (χ1v) is 7.20. The Morgan fingerprint density at radius 1 is 1.26 bits per heavy atom. The predicted molar refractivity (Wildman–Crippen MR) is 76.5 cm³/mol. The van der Waals surface area contributed by atoms with E-state index in [2.05, 4.69) is 48.1 Å². The Bertz CT molecular complexity index is 360. The summed E-state index contributed by atoms with van der Waals surface area (Å²) >= 11 is 0. The van der Waals surface area contributed by atoms with Gasteiger partial charge in [0.15, 0.2) is 5.82 Å². The van der Waals surface area contributed by atoms with E-state index < -0.39 is 0 Å². The second kappa shape index (κ2) is 7.55. The lowest BCUT2D eigenvalue weighted by Gasteiger charge is -2.31. The monoisotopic (exact) mass is 268 g/mol. The molecule has 0 unspecified atom stereocenters. The van der Waals surface area contributed by atoms with Gasteiger partial charge in [-0.15, -0.1) is 5.10 Å². The molecule has 0 aliphatic heterocycles. The van der Waals surface area contributed by atoms with Gasteiger partial charge >= 0.3 is 0 Å². The van der Waals surface area contributed by atoms with Gasteiger partial charge in [-0.2, -0.15) is 0 Å². The van der Waals surface area contributed by atoms with E-state index in [1.807, 2.05) is 4.68 Å². The van der Waals surface area contributed by atoms with Crippen LogP contribution in [0.5, 0.6) is 0 Å². The zero-order valence-corrected chi connectivity index (χ0v) is 12.8. The van der Waals surface area contributed by atoms with Crippen LogP contribution in [0.3, 0.4) is 0 Å². The van der Waals surface area contributed by atoms with Crippen molar-refractivity contribution >= 4 is 0 Å². The zero-order chi connectivity index (χ0) is 14.3. The van der Waals surface area contributed by atoms with Gasteiger partial charge in [-0.05, 0) is 41.8 Å². The van der Waals surface area contributed by atoms with E-state index in [1.54, 1.807) is 0 Å². The van der Waals surface area contributed by atoms with Crippen LogP contribution < -0.4 is 5.73 Å². The number of rotatable bonds is 9. The van der Waals surface area contributed by atoms with Crippen LogP contribution in [0.2, 0.25) is 0 Å². The molecule has 19 heavy (non-hydrogen) atoms. The van der Waals surface area contributed by atoms with E-state index in [0.29, 0.717) is 6.54 Å². The number of aromatic nitrogens is 4. The molecule has 0 bridgehead atoms. The topological polar surface area (TPSA) is 72.9 Å². The average molecular weight is 268 g/mol. The third-order valence-corrected chi connectivity index (χ3v) is 3.15. The van der Waals surface area contributed by atoms with Crippen molar-refractivity contribution in [3.8, 4) is 0 Å². The average Bonchev–Trinajstić information content (AvgIpc) is 2.77. The number of nitrogens with zero attached hydrogens (tertiary/aromatic N) is 5. The van der Waals surface area contributed by atoms with Gasteiger partial charge in [-0.25, -0.2) is 4.68 Å². The number of aryl methyl sites for hydroxylation is 1. The smallest absolute Gasteiger partial charge is 0.165 e. The van der Waals surface area contributed by atoms with E-state index in [4.69, 9.17) is 5.73 Å². The van der Waals surface area contributed by atoms with Crippen molar-refractivity contribution in [1.82, 2.24) is 25.1 Å². The van der Waals surface area contributed by atoms with Gasteiger partial charge in [-0.3, -0.25) is 4.90 Å². The molecule has 0 atom stereocenters. The van der Waals surface area contributed by atoms with Gasteiger partial charge < -0.3 is 5.73 Å². The van der Waals surface area contributed by atoms with Gasteiger partial charge in [0.2, 0.25) is 0 Å². The standard InChI is InChI=1S/C13H28N6/c1-5-7-18(11-13(3,4)10-14)9-12-15-16-17-19(12)8-6-2/h5-11,14H2,1-4H3. The number of hydrogen-bond acceptors (Lipinski definition) is 5. The Hall–Kier alpha value is -1.01. The van der Waals surface area contributed by atoms with E-state index in [0.717, 1.165) is 44.8 Å². The molecule has 0 aromatic carbocycles. The molecule has 0 amide bonds. The third kappa shape index (κ3) is 5.24. The molecule has 110 valence electrons. The lowest BCUT2D eigenvalue weighted by molar-refractivity contribution is 0.170. The summed E-state index contributed by atoms with van der Waals surface area (Å²) in [6, 6.07) is 0. The molecule has 0 spiro atoms. The first-order chi connectivity index (χ1) is 9.02. The minimum Gasteiger partial charge on any atom is -0.330 e. The molecule has 2 N–H and O–H groups in total. The molecule has 6 heteroatoms. The second-order valence-electron chi connectivity index (χ2n) is 5.90. The zero-order valence-electron chi connectivity index (χ0n) is 12.8. The second-order valence-corrected chi connectivity index (χ2v) is 5.90. The molecule has 6 nitrogen and oxygen atoms in total. The normalized spacial score (nSPS) is 12.3. The van der Waals surface area contributed by atoms with Crippen LogP contribution in [0.1, 0.15) is 46.4 Å². The van der Waals surface area contributed by atoms with Crippen LogP contribution in [-0.2, 0) is 13.1 Å². The Kier molecular flexibility index (Phi) is 6.37. The Labute approximate surface area is 116 Å². The van der Waals surface area contributed by atoms with Crippen LogP contribution in [0.4, 0.5) is 0 Å². The molecule has 1 aromatic heterocycles. The minimum atomic E-state index is 0.123. The van der Waals surface area contributed by atoms with Crippen molar-refractivity contribution in [2.75, 3.05) is 19.6 Å². The van der Waals surface area contributed by atoms with E-state index in [-0.39, 0.29) is 5.41 Å². The summed E-state index contributed by atoms with van der Waals surface area (Å²) in [5.74, 6) is 0.947. The Morgan fingerprint density at radius 2 is 2.00 bits per heavy atom. The largest absolute Gasteiger partial charge is 0.330 e. The van der Waals surface area contributed by atoms with E-state index in [1.165, 1.54) is 0 Å².